The van der Waals surface area contributed by atoms with E-state index in [9.17, 15) is 4.79 Å². The summed E-state index contributed by atoms with van der Waals surface area (Å²) >= 11 is 0. The van der Waals surface area contributed by atoms with Gasteiger partial charge in [0.15, 0.2) is 0 Å². The quantitative estimate of drug-likeness (QED) is 0.846. The molecule has 0 saturated heterocycles. The maximum Gasteiger partial charge on any atom is 0.244 e. The molecule has 1 aromatic carbocycles. The number of carbonyl (C=O) groups is 1. The number of carbonyl (C=O) groups excluding carboxylic acids is 1. The minimum atomic E-state index is -0.760. The largest absolute Gasteiger partial charge is 0.324 e. The van der Waals surface area contributed by atoms with Crippen molar-refractivity contribution in [3.8, 4) is 6.07 Å². The van der Waals surface area contributed by atoms with Crippen LogP contribution in [0.5, 0.6) is 0 Å². The molecule has 1 fully saturated rings. The maximum absolute atomic E-state index is 12.0. The molecule has 17 heavy (non-hydrogen) atoms. The molecule has 1 N–H and O–H groups in total. The fourth-order valence-corrected chi connectivity index (χ4v) is 2.12. The molecule has 1 amide bonds. The predicted octanol–water partition coefficient (Wildman–Crippen LogP) is 2.85. The molecule has 0 heterocycles. The van der Waals surface area contributed by atoms with Crippen molar-refractivity contribution in [2.45, 2.75) is 33.6 Å². The topological polar surface area (TPSA) is 52.9 Å². The maximum atomic E-state index is 12.0. The van der Waals surface area contributed by atoms with Crippen molar-refractivity contribution in [2.24, 2.45) is 5.41 Å². The zero-order valence-corrected chi connectivity index (χ0v) is 10.4. The molecule has 0 radical (unpaired) electrons. The lowest BCUT2D eigenvalue weighted by Gasteiger charge is -2.14. The molecule has 3 heteroatoms. The van der Waals surface area contributed by atoms with Crippen molar-refractivity contribution >= 4 is 11.6 Å². The van der Waals surface area contributed by atoms with E-state index in [0.29, 0.717) is 12.8 Å². The Morgan fingerprint density at radius 3 is 2.24 bits per heavy atom. The minimum absolute atomic E-state index is 0.157. The lowest BCUT2D eigenvalue weighted by molar-refractivity contribution is -0.119. The number of anilines is 1. The van der Waals surface area contributed by atoms with Crippen LogP contribution in [-0.2, 0) is 4.79 Å². The zero-order valence-electron chi connectivity index (χ0n) is 10.4. The van der Waals surface area contributed by atoms with Crippen LogP contribution in [0.25, 0.3) is 0 Å². The Morgan fingerprint density at radius 2 is 1.82 bits per heavy atom. The number of hydrogen-bond acceptors (Lipinski definition) is 2. The van der Waals surface area contributed by atoms with E-state index < -0.39 is 5.41 Å². The molecule has 0 aliphatic heterocycles. The first-order chi connectivity index (χ1) is 7.98. The lowest BCUT2D eigenvalue weighted by atomic mass is 10.0. The summed E-state index contributed by atoms with van der Waals surface area (Å²) in [4.78, 5) is 12.0. The van der Waals surface area contributed by atoms with Crippen LogP contribution < -0.4 is 5.32 Å². The highest BCUT2D eigenvalue weighted by atomic mass is 16.2. The van der Waals surface area contributed by atoms with E-state index >= 15 is 0 Å². The second-order valence-corrected chi connectivity index (χ2v) is 4.92. The summed E-state index contributed by atoms with van der Waals surface area (Å²) in [6.45, 7) is 5.98. The van der Waals surface area contributed by atoms with Gasteiger partial charge in [-0.25, -0.2) is 0 Å². The van der Waals surface area contributed by atoms with Gasteiger partial charge < -0.3 is 5.32 Å². The van der Waals surface area contributed by atoms with E-state index in [1.54, 1.807) is 0 Å². The standard InChI is InChI=1S/C14H16N2O/c1-9-6-10(2)12(11(3)7-9)16-13(17)14(8-15)4-5-14/h6-7H,4-5H2,1-3H3,(H,16,17). The molecule has 0 unspecified atom stereocenters. The van der Waals surface area contributed by atoms with Crippen molar-refractivity contribution in [1.29, 1.82) is 5.26 Å². The summed E-state index contributed by atoms with van der Waals surface area (Å²) in [7, 11) is 0. The van der Waals surface area contributed by atoms with Crippen LogP contribution in [-0.4, -0.2) is 5.91 Å². The number of amides is 1. The van der Waals surface area contributed by atoms with Crippen molar-refractivity contribution in [3.63, 3.8) is 0 Å². The molecule has 1 saturated carbocycles. The molecule has 3 nitrogen and oxygen atoms in total. The predicted molar refractivity (Wildman–Crippen MR) is 66.6 cm³/mol. The van der Waals surface area contributed by atoms with Crippen LogP contribution in [0.15, 0.2) is 12.1 Å². The van der Waals surface area contributed by atoms with Crippen molar-refractivity contribution < 1.29 is 4.79 Å². The van der Waals surface area contributed by atoms with Gasteiger partial charge in [0, 0.05) is 5.69 Å². The number of nitrogens with zero attached hydrogens (tertiary/aromatic N) is 1. The molecular formula is C14H16N2O. The number of rotatable bonds is 2. The Morgan fingerprint density at radius 1 is 1.29 bits per heavy atom. The monoisotopic (exact) mass is 228 g/mol. The van der Waals surface area contributed by atoms with Crippen molar-refractivity contribution in [3.05, 3.63) is 28.8 Å². The lowest BCUT2D eigenvalue weighted by Crippen LogP contribution is -2.23. The van der Waals surface area contributed by atoms with E-state index in [1.807, 2.05) is 32.9 Å². The zero-order chi connectivity index (χ0) is 12.6. The van der Waals surface area contributed by atoms with Crippen LogP contribution in [0, 0.1) is 37.5 Å². The van der Waals surface area contributed by atoms with Crippen LogP contribution in [0.1, 0.15) is 29.5 Å². The van der Waals surface area contributed by atoms with Crippen LogP contribution >= 0.6 is 0 Å². The molecule has 1 aliphatic rings. The van der Waals surface area contributed by atoms with E-state index in [1.165, 1.54) is 5.56 Å². The number of hydrogen-bond donors (Lipinski definition) is 1. The first-order valence-corrected chi connectivity index (χ1v) is 5.79. The Hall–Kier alpha value is -1.82. The van der Waals surface area contributed by atoms with Gasteiger partial charge in [-0.15, -0.1) is 0 Å². The van der Waals surface area contributed by atoms with Gasteiger partial charge in [-0.05, 0) is 44.7 Å². The van der Waals surface area contributed by atoms with Crippen LogP contribution in [0.4, 0.5) is 5.69 Å². The number of nitrogens with one attached hydrogen (secondary N) is 1. The van der Waals surface area contributed by atoms with Gasteiger partial charge in [0.25, 0.3) is 0 Å². The van der Waals surface area contributed by atoms with Gasteiger partial charge in [0.2, 0.25) is 5.91 Å². The van der Waals surface area contributed by atoms with E-state index in [0.717, 1.165) is 16.8 Å². The van der Waals surface area contributed by atoms with Gasteiger partial charge >= 0.3 is 0 Å². The SMILES string of the molecule is Cc1cc(C)c(NC(=O)C2(C#N)CC2)c(C)c1. The van der Waals surface area contributed by atoms with Crippen molar-refractivity contribution in [2.75, 3.05) is 5.32 Å². The molecule has 0 atom stereocenters. The average Bonchev–Trinajstić information content (AvgIpc) is 3.03. The second kappa shape index (κ2) is 3.89. The molecule has 0 bridgehead atoms. The van der Waals surface area contributed by atoms with Gasteiger partial charge in [-0.3, -0.25) is 4.79 Å². The Kier molecular flexibility index (Phi) is 2.66. The number of nitriles is 1. The molecular weight excluding hydrogens is 212 g/mol. The first kappa shape index (κ1) is 11.7. The summed E-state index contributed by atoms with van der Waals surface area (Å²) in [6.07, 6.45) is 1.36. The fourth-order valence-electron chi connectivity index (χ4n) is 2.12. The smallest absolute Gasteiger partial charge is 0.244 e. The van der Waals surface area contributed by atoms with E-state index in [4.69, 9.17) is 5.26 Å². The van der Waals surface area contributed by atoms with Gasteiger partial charge in [0.1, 0.15) is 5.41 Å². The molecule has 1 aliphatic carbocycles. The molecule has 0 aromatic heterocycles. The summed E-state index contributed by atoms with van der Waals surface area (Å²) in [5.74, 6) is -0.157. The Bertz CT molecular complexity index is 499. The first-order valence-electron chi connectivity index (χ1n) is 5.79. The third kappa shape index (κ3) is 2.03. The van der Waals surface area contributed by atoms with Gasteiger partial charge in [0.05, 0.1) is 6.07 Å². The highest BCUT2D eigenvalue weighted by Gasteiger charge is 2.50. The van der Waals surface area contributed by atoms with Crippen LogP contribution in [0.2, 0.25) is 0 Å². The minimum Gasteiger partial charge on any atom is -0.324 e. The normalized spacial score (nSPS) is 16.1. The highest BCUT2D eigenvalue weighted by molar-refractivity contribution is 6.00. The summed E-state index contributed by atoms with van der Waals surface area (Å²) in [5.41, 5.74) is 3.36. The van der Waals surface area contributed by atoms with Gasteiger partial charge in [-0.2, -0.15) is 5.26 Å². The van der Waals surface area contributed by atoms with Gasteiger partial charge in [-0.1, -0.05) is 17.7 Å². The molecule has 88 valence electrons. The highest BCUT2D eigenvalue weighted by Crippen LogP contribution is 2.46. The molecule has 0 spiro atoms. The number of aryl methyl sites for hydroxylation is 3. The summed E-state index contributed by atoms with van der Waals surface area (Å²) in [5, 5.41) is 11.9. The van der Waals surface area contributed by atoms with E-state index in [2.05, 4.69) is 11.4 Å². The Labute approximate surface area is 101 Å². The third-order valence-corrected chi connectivity index (χ3v) is 3.31. The fraction of sp³-hybridized carbons (Fsp3) is 0.429. The van der Waals surface area contributed by atoms with E-state index in [-0.39, 0.29) is 5.91 Å². The molecule has 2 rings (SSSR count). The third-order valence-electron chi connectivity index (χ3n) is 3.31. The summed E-state index contributed by atoms with van der Waals surface area (Å²) < 4.78 is 0. The second-order valence-electron chi connectivity index (χ2n) is 4.92. The van der Waals surface area contributed by atoms with Crippen LogP contribution in [0.3, 0.4) is 0 Å². The summed E-state index contributed by atoms with van der Waals surface area (Å²) in [6, 6.07) is 6.18. The number of benzene rings is 1. The molecule has 1 aromatic rings. The van der Waals surface area contributed by atoms with Crippen molar-refractivity contribution in [1.82, 2.24) is 0 Å². The Balaban J connectivity index is 2.26. The average molecular weight is 228 g/mol.